The Kier molecular flexibility index (Phi) is 5.56. The van der Waals surface area contributed by atoms with Crippen LogP contribution in [0.5, 0.6) is 17.2 Å². The minimum atomic E-state index is -0.495. The predicted molar refractivity (Wildman–Crippen MR) is 91.0 cm³/mol. The molecule has 0 aliphatic heterocycles. The molecule has 0 amide bonds. The molecule has 1 aliphatic carbocycles. The van der Waals surface area contributed by atoms with Crippen molar-refractivity contribution in [3.05, 3.63) is 18.0 Å². The van der Waals surface area contributed by atoms with Crippen LogP contribution in [0.2, 0.25) is 0 Å². The number of aromatic nitrogens is 2. The van der Waals surface area contributed by atoms with Crippen LogP contribution >= 0.6 is 12.4 Å². The minimum Gasteiger partial charge on any atom is -0.496 e. The summed E-state index contributed by atoms with van der Waals surface area (Å²) in [5.74, 6) is 2.59. The SMILES string of the molecule is COc1cc(OC)c(-c2nc(C3(N)CCCC3)no2)cc1OC.Cl. The molecule has 1 aromatic carbocycles. The number of nitrogens with zero attached hydrogens (tertiary/aromatic N) is 2. The fourth-order valence-electron chi connectivity index (χ4n) is 2.96. The zero-order valence-corrected chi connectivity index (χ0v) is 14.8. The number of benzene rings is 1. The smallest absolute Gasteiger partial charge is 0.261 e. The number of nitrogens with two attached hydrogens (primary N) is 1. The molecule has 3 rings (SSSR count). The summed E-state index contributed by atoms with van der Waals surface area (Å²) in [6.07, 6.45) is 3.91. The van der Waals surface area contributed by atoms with Crippen LogP contribution in [-0.2, 0) is 5.54 Å². The van der Waals surface area contributed by atoms with E-state index in [1.165, 1.54) is 0 Å². The van der Waals surface area contributed by atoms with Crippen molar-refractivity contribution in [1.82, 2.24) is 10.1 Å². The lowest BCUT2D eigenvalue weighted by Gasteiger charge is -2.17. The van der Waals surface area contributed by atoms with Gasteiger partial charge in [0.2, 0.25) is 0 Å². The van der Waals surface area contributed by atoms with E-state index in [4.69, 9.17) is 24.5 Å². The molecule has 1 fully saturated rings. The van der Waals surface area contributed by atoms with Crippen LogP contribution in [0.4, 0.5) is 0 Å². The summed E-state index contributed by atoms with van der Waals surface area (Å²) in [4.78, 5) is 4.49. The van der Waals surface area contributed by atoms with Crippen molar-refractivity contribution in [1.29, 1.82) is 0 Å². The molecular formula is C16H22ClN3O4. The van der Waals surface area contributed by atoms with E-state index in [2.05, 4.69) is 10.1 Å². The van der Waals surface area contributed by atoms with E-state index in [0.29, 0.717) is 34.5 Å². The first-order valence-corrected chi connectivity index (χ1v) is 7.55. The van der Waals surface area contributed by atoms with Crippen LogP contribution in [0.15, 0.2) is 16.7 Å². The highest BCUT2D eigenvalue weighted by Gasteiger charge is 2.36. The topological polar surface area (TPSA) is 92.6 Å². The number of ether oxygens (including phenoxy) is 3. The maximum Gasteiger partial charge on any atom is 0.261 e. The minimum absolute atomic E-state index is 0. The van der Waals surface area contributed by atoms with Gasteiger partial charge in [-0.15, -0.1) is 12.4 Å². The van der Waals surface area contributed by atoms with Crippen molar-refractivity contribution < 1.29 is 18.7 Å². The van der Waals surface area contributed by atoms with Crippen molar-refractivity contribution in [2.24, 2.45) is 5.73 Å². The highest BCUT2D eigenvalue weighted by Crippen LogP contribution is 2.41. The second-order valence-electron chi connectivity index (χ2n) is 5.69. The summed E-state index contributed by atoms with van der Waals surface area (Å²) >= 11 is 0. The Morgan fingerprint density at radius 2 is 1.58 bits per heavy atom. The molecule has 2 N–H and O–H groups in total. The van der Waals surface area contributed by atoms with Crippen molar-refractivity contribution in [3.8, 4) is 28.7 Å². The monoisotopic (exact) mass is 355 g/mol. The van der Waals surface area contributed by atoms with Gasteiger partial charge in [0.15, 0.2) is 17.3 Å². The first kappa shape index (κ1) is 18.4. The van der Waals surface area contributed by atoms with Gasteiger partial charge < -0.3 is 24.5 Å². The molecule has 0 saturated heterocycles. The van der Waals surface area contributed by atoms with Crippen LogP contribution in [0, 0.1) is 0 Å². The van der Waals surface area contributed by atoms with Crippen molar-refractivity contribution in [2.75, 3.05) is 21.3 Å². The Labute approximate surface area is 146 Å². The number of hydrogen-bond donors (Lipinski definition) is 1. The normalized spacial score (nSPS) is 15.7. The van der Waals surface area contributed by atoms with Crippen LogP contribution in [-0.4, -0.2) is 31.5 Å². The summed E-state index contributed by atoms with van der Waals surface area (Å²) in [6, 6.07) is 3.48. The molecule has 1 saturated carbocycles. The van der Waals surface area contributed by atoms with Gasteiger partial charge in [-0.25, -0.2) is 0 Å². The third kappa shape index (κ3) is 3.14. The second-order valence-corrected chi connectivity index (χ2v) is 5.69. The van der Waals surface area contributed by atoms with E-state index in [1.54, 1.807) is 33.5 Å². The fourth-order valence-corrected chi connectivity index (χ4v) is 2.96. The molecule has 0 atom stereocenters. The summed E-state index contributed by atoms with van der Waals surface area (Å²) in [7, 11) is 4.71. The average Bonchev–Trinajstić information content (AvgIpc) is 3.23. The van der Waals surface area contributed by atoms with E-state index in [1.807, 2.05) is 0 Å². The van der Waals surface area contributed by atoms with Crippen molar-refractivity contribution in [3.63, 3.8) is 0 Å². The third-order valence-electron chi connectivity index (χ3n) is 4.30. The highest BCUT2D eigenvalue weighted by atomic mass is 35.5. The molecular weight excluding hydrogens is 334 g/mol. The van der Waals surface area contributed by atoms with Crippen molar-refractivity contribution in [2.45, 2.75) is 31.2 Å². The molecule has 1 heterocycles. The quantitative estimate of drug-likeness (QED) is 0.881. The summed E-state index contributed by atoms with van der Waals surface area (Å²) in [5, 5.41) is 4.08. The van der Waals surface area contributed by atoms with Gasteiger partial charge in [0.1, 0.15) is 5.75 Å². The maximum atomic E-state index is 6.38. The van der Waals surface area contributed by atoms with E-state index >= 15 is 0 Å². The summed E-state index contributed by atoms with van der Waals surface area (Å²) < 4.78 is 21.4. The lowest BCUT2D eigenvalue weighted by atomic mass is 9.98. The molecule has 24 heavy (non-hydrogen) atoms. The molecule has 0 spiro atoms. The number of rotatable bonds is 5. The van der Waals surface area contributed by atoms with Gasteiger partial charge in [-0.1, -0.05) is 18.0 Å². The van der Waals surface area contributed by atoms with E-state index in [0.717, 1.165) is 25.7 Å². The second kappa shape index (κ2) is 7.27. The van der Waals surface area contributed by atoms with Gasteiger partial charge in [0, 0.05) is 12.1 Å². The number of halogens is 1. The van der Waals surface area contributed by atoms with Gasteiger partial charge in [-0.05, 0) is 12.8 Å². The molecule has 0 bridgehead atoms. The van der Waals surface area contributed by atoms with Gasteiger partial charge >= 0.3 is 0 Å². The zero-order valence-electron chi connectivity index (χ0n) is 14.0. The van der Waals surface area contributed by atoms with Crippen molar-refractivity contribution >= 4 is 12.4 Å². The van der Waals surface area contributed by atoms with Crippen LogP contribution in [0.25, 0.3) is 11.5 Å². The predicted octanol–water partition coefficient (Wildman–Crippen LogP) is 2.91. The van der Waals surface area contributed by atoms with Crippen LogP contribution in [0.3, 0.4) is 0 Å². The Morgan fingerprint density at radius 1 is 1.00 bits per heavy atom. The largest absolute Gasteiger partial charge is 0.496 e. The molecule has 1 aromatic heterocycles. The van der Waals surface area contributed by atoms with Gasteiger partial charge in [-0.3, -0.25) is 0 Å². The lowest BCUT2D eigenvalue weighted by molar-refractivity contribution is 0.348. The number of hydrogen-bond acceptors (Lipinski definition) is 7. The first-order valence-electron chi connectivity index (χ1n) is 7.55. The molecule has 7 nitrogen and oxygen atoms in total. The molecule has 8 heteroatoms. The van der Waals surface area contributed by atoms with E-state index < -0.39 is 5.54 Å². The zero-order chi connectivity index (χ0) is 16.4. The Morgan fingerprint density at radius 3 is 2.17 bits per heavy atom. The first-order chi connectivity index (χ1) is 11.1. The molecule has 1 aliphatic rings. The van der Waals surface area contributed by atoms with Gasteiger partial charge in [0.25, 0.3) is 5.89 Å². The standard InChI is InChI=1S/C16H21N3O4.ClH/c1-20-11-9-13(22-3)12(21-2)8-10(11)14-18-15(19-23-14)16(17)6-4-5-7-16;/h8-9H,4-7,17H2,1-3H3;1H. The Balaban J connectivity index is 0.00000208. The van der Waals surface area contributed by atoms with Crippen LogP contribution in [0.1, 0.15) is 31.5 Å². The average molecular weight is 356 g/mol. The Bertz CT molecular complexity index is 699. The molecule has 2 aromatic rings. The lowest BCUT2D eigenvalue weighted by Crippen LogP contribution is -2.34. The van der Waals surface area contributed by atoms with Gasteiger partial charge in [-0.2, -0.15) is 4.98 Å². The summed E-state index contributed by atoms with van der Waals surface area (Å²) in [6.45, 7) is 0. The number of methoxy groups -OCH3 is 3. The highest BCUT2D eigenvalue weighted by molar-refractivity contribution is 5.85. The van der Waals surface area contributed by atoms with Gasteiger partial charge in [0.05, 0.1) is 32.4 Å². The molecule has 132 valence electrons. The summed E-state index contributed by atoms with van der Waals surface area (Å²) in [5.41, 5.74) is 6.53. The third-order valence-corrected chi connectivity index (χ3v) is 4.30. The van der Waals surface area contributed by atoms with E-state index in [-0.39, 0.29) is 12.4 Å². The fraction of sp³-hybridized carbons (Fsp3) is 0.500. The van der Waals surface area contributed by atoms with Crippen LogP contribution < -0.4 is 19.9 Å². The molecule has 0 unspecified atom stereocenters. The van der Waals surface area contributed by atoms with E-state index in [9.17, 15) is 0 Å². The maximum absolute atomic E-state index is 6.38. The Hall–Kier alpha value is -1.99. The molecule has 0 radical (unpaired) electrons.